The minimum Gasteiger partial charge on any atom is -0.497 e. The molecule has 0 aliphatic rings. The van der Waals surface area contributed by atoms with Gasteiger partial charge in [-0.2, -0.15) is 0 Å². The Kier molecular flexibility index (Phi) is 6.86. The monoisotopic (exact) mass is 376 g/mol. The fraction of sp³-hybridized carbons (Fsp3) is 0.263. The maximum Gasteiger partial charge on any atom is 0.244 e. The molecule has 2 amide bonds. The van der Waals surface area contributed by atoms with Gasteiger partial charge in [-0.25, -0.2) is 0 Å². The van der Waals surface area contributed by atoms with Crippen LogP contribution in [-0.4, -0.2) is 44.5 Å². The molecule has 2 aromatic carbocycles. The molecule has 0 aromatic heterocycles. The predicted octanol–water partition coefficient (Wildman–Crippen LogP) is 3.00. The highest BCUT2D eigenvalue weighted by atomic mass is 35.5. The average Bonchev–Trinajstić information content (AvgIpc) is 2.61. The van der Waals surface area contributed by atoms with Crippen molar-refractivity contribution in [1.29, 1.82) is 0 Å². The Labute approximate surface area is 157 Å². The molecule has 0 spiro atoms. The summed E-state index contributed by atoms with van der Waals surface area (Å²) in [5.74, 6) is 0.662. The fourth-order valence-electron chi connectivity index (χ4n) is 2.36. The Morgan fingerprint density at radius 1 is 1.12 bits per heavy atom. The van der Waals surface area contributed by atoms with Crippen molar-refractivity contribution in [3.8, 4) is 11.5 Å². The number of hydrogen-bond acceptors (Lipinski definition) is 4. The van der Waals surface area contributed by atoms with Crippen molar-refractivity contribution in [2.24, 2.45) is 0 Å². The van der Waals surface area contributed by atoms with Crippen molar-refractivity contribution < 1.29 is 19.1 Å². The standard InChI is InChI=1S/C19H21ClN2O4/c1-22(19(24)10-13-5-4-6-15(9-13)25-2)12-18(23)21-16-11-14(20)7-8-17(16)26-3/h4-9,11H,10,12H2,1-3H3,(H,21,23). The van der Waals surface area contributed by atoms with Crippen molar-refractivity contribution in [1.82, 2.24) is 4.90 Å². The first-order valence-corrected chi connectivity index (χ1v) is 8.31. The Balaban J connectivity index is 1.95. The molecule has 0 bridgehead atoms. The summed E-state index contributed by atoms with van der Waals surface area (Å²) >= 11 is 5.95. The second-order valence-electron chi connectivity index (χ2n) is 5.67. The zero-order valence-corrected chi connectivity index (χ0v) is 15.7. The molecule has 138 valence electrons. The zero-order valence-electron chi connectivity index (χ0n) is 14.9. The van der Waals surface area contributed by atoms with Gasteiger partial charge in [-0.3, -0.25) is 9.59 Å². The third kappa shape index (κ3) is 5.39. The Morgan fingerprint density at radius 3 is 2.58 bits per heavy atom. The van der Waals surface area contributed by atoms with E-state index in [4.69, 9.17) is 21.1 Å². The van der Waals surface area contributed by atoms with Gasteiger partial charge in [-0.15, -0.1) is 0 Å². The highest BCUT2D eigenvalue weighted by Crippen LogP contribution is 2.27. The number of benzene rings is 2. The topological polar surface area (TPSA) is 67.9 Å². The largest absolute Gasteiger partial charge is 0.497 e. The number of hydrogen-bond donors (Lipinski definition) is 1. The van der Waals surface area contributed by atoms with Gasteiger partial charge in [-0.05, 0) is 35.9 Å². The van der Waals surface area contributed by atoms with Crippen LogP contribution in [-0.2, 0) is 16.0 Å². The molecule has 0 radical (unpaired) electrons. The van der Waals surface area contributed by atoms with Crippen LogP contribution in [0.5, 0.6) is 11.5 Å². The van der Waals surface area contributed by atoms with Gasteiger partial charge in [-0.1, -0.05) is 23.7 Å². The number of halogens is 1. The number of nitrogens with one attached hydrogen (secondary N) is 1. The van der Waals surface area contributed by atoms with Gasteiger partial charge in [0.15, 0.2) is 0 Å². The second kappa shape index (κ2) is 9.10. The maximum atomic E-state index is 12.3. The summed E-state index contributed by atoms with van der Waals surface area (Å²) in [5.41, 5.74) is 1.27. The van der Waals surface area contributed by atoms with Crippen molar-refractivity contribution in [3.63, 3.8) is 0 Å². The Bertz CT molecular complexity index is 795. The summed E-state index contributed by atoms with van der Waals surface area (Å²) in [5, 5.41) is 3.18. The van der Waals surface area contributed by atoms with E-state index in [1.165, 1.54) is 12.0 Å². The van der Waals surface area contributed by atoms with E-state index in [9.17, 15) is 9.59 Å². The maximum absolute atomic E-state index is 12.3. The molecule has 0 unspecified atom stereocenters. The van der Waals surface area contributed by atoms with E-state index >= 15 is 0 Å². The lowest BCUT2D eigenvalue weighted by Gasteiger charge is -2.18. The molecule has 0 saturated carbocycles. The molecule has 7 heteroatoms. The summed E-state index contributed by atoms with van der Waals surface area (Å²) in [4.78, 5) is 25.9. The molecule has 6 nitrogen and oxygen atoms in total. The lowest BCUT2D eigenvalue weighted by atomic mass is 10.1. The first-order chi connectivity index (χ1) is 12.4. The van der Waals surface area contributed by atoms with Gasteiger partial charge in [0.25, 0.3) is 0 Å². The average molecular weight is 377 g/mol. The molecule has 2 rings (SSSR count). The van der Waals surface area contributed by atoms with E-state index < -0.39 is 0 Å². The third-order valence-electron chi connectivity index (χ3n) is 3.73. The first-order valence-electron chi connectivity index (χ1n) is 7.93. The number of ether oxygens (including phenoxy) is 2. The van der Waals surface area contributed by atoms with Crippen molar-refractivity contribution in [2.45, 2.75) is 6.42 Å². The highest BCUT2D eigenvalue weighted by Gasteiger charge is 2.15. The molecule has 0 fully saturated rings. The first kappa shape index (κ1) is 19.6. The van der Waals surface area contributed by atoms with Gasteiger partial charge >= 0.3 is 0 Å². The smallest absolute Gasteiger partial charge is 0.244 e. The van der Waals surface area contributed by atoms with Crippen LogP contribution < -0.4 is 14.8 Å². The van der Waals surface area contributed by atoms with Crippen molar-refractivity contribution in [3.05, 3.63) is 53.1 Å². The number of anilines is 1. The Hall–Kier alpha value is -2.73. The highest BCUT2D eigenvalue weighted by molar-refractivity contribution is 6.31. The summed E-state index contributed by atoms with van der Waals surface area (Å²) in [6.45, 7) is -0.0849. The number of methoxy groups -OCH3 is 2. The third-order valence-corrected chi connectivity index (χ3v) is 3.97. The van der Waals surface area contributed by atoms with Crippen LogP contribution in [0.3, 0.4) is 0 Å². The normalized spacial score (nSPS) is 10.2. The quantitative estimate of drug-likeness (QED) is 0.806. The van der Waals surface area contributed by atoms with Crippen LogP contribution in [0.1, 0.15) is 5.56 Å². The molecule has 0 heterocycles. The van der Waals surface area contributed by atoms with Crippen LogP contribution >= 0.6 is 11.6 Å². The van der Waals surface area contributed by atoms with Crippen LogP contribution in [0.25, 0.3) is 0 Å². The fourth-order valence-corrected chi connectivity index (χ4v) is 2.54. The van der Waals surface area contributed by atoms with E-state index in [0.717, 1.165) is 5.56 Å². The number of rotatable bonds is 7. The molecule has 1 N–H and O–H groups in total. The van der Waals surface area contributed by atoms with Gasteiger partial charge < -0.3 is 19.7 Å². The SMILES string of the molecule is COc1cccc(CC(=O)N(C)CC(=O)Nc2cc(Cl)ccc2OC)c1. The van der Waals surface area contributed by atoms with Crippen LogP contribution in [0, 0.1) is 0 Å². The summed E-state index contributed by atoms with van der Waals surface area (Å²) in [6, 6.07) is 12.2. The van der Waals surface area contributed by atoms with E-state index in [-0.39, 0.29) is 24.8 Å². The van der Waals surface area contributed by atoms with Crippen LogP contribution in [0.15, 0.2) is 42.5 Å². The molecular formula is C19H21ClN2O4. The Morgan fingerprint density at radius 2 is 1.88 bits per heavy atom. The molecule has 0 saturated heterocycles. The van der Waals surface area contributed by atoms with Gasteiger partial charge in [0.2, 0.25) is 11.8 Å². The van der Waals surface area contributed by atoms with Gasteiger partial charge in [0, 0.05) is 12.1 Å². The molecule has 2 aromatic rings. The minimum absolute atomic E-state index is 0.0849. The molecule has 0 aliphatic heterocycles. The van der Waals surface area contributed by atoms with Crippen LogP contribution in [0.2, 0.25) is 5.02 Å². The number of amides is 2. The van der Waals surface area contributed by atoms with E-state index in [2.05, 4.69) is 5.32 Å². The number of likely N-dealkylation sites (N-methyl/N-ethyl adjacent to an activating group) is 1. The van der Waals surface area contributed by atoms with Crippen molar-refractivity contribution in [2.75, 3.05) is 33.1 Å². The molecule has 26 heavy (non-hydrogen) atoms. The second-order valence-corrected chi connectivity index (χ2v) is 6.11. The van der Waals surface area contributed by atoms with Crippen molar-refractivity contribution >= 4 is 29.1 Å². The summed E-state index contributed by atoms with van der Waals surface area (Å²) < 4.78 is 10.3. The summed E-state index contributed by atoms with van der Waals surface area (Å²) in [7, 11) is 4.65. The van der Waals surface area contributed by atoms with Gasteiger partial charge in [0.1, 0.15) is 11.5 Å². The number of nitrogens with zero attached hydrogens (tertiary/aromatic N) is 1. The van der Waals surface area contributed by atoms with Crippen LogP contribution in [0.4, 0.5) is 5.69 Å². The molecule has 0 atom stereocenters. The van der Waals surface area contributed by atoms with E-state index in [1.54, 1.807) is 38.4 Å². The minimum atomic E-state index is -0.341. The number of carbonyl (C=O) groups is 2. The molecule has 0 aliphatic carbocycles. The summed E-state index contributed by atoms with van der Waals surface area (Å²) in [6.07, 6.45) is 0.182. The molecular weight excluding hydrogens is 356 g/mol. The zero-order chi connectivity index (χ0) is 19.1. The van der Waals surface area contributed by atoms with E-state index in [0.29, 0.717) is 22.2 Å². The predicted molar refractivity (Wildman–Crippen MR) is 101 cm³/mol. The van der Waals surface area contributed by atoms with E-state index in [1.807, 2.05) is 18.2 Å². The van der Waals surface area contributed by atoms with Gasteiger partial charge in [0.05, 0.1) is 32.9 Å². The lowest BCUT2D eigenvalue weighted by molar-refractivity contribution is -0.132. The number of carbonyl (C=O) groups excluding carboxylic acids is 2. The lowest BCUT2D eigenvalue weighted by Crippen LogP contribution is -2.35.